The van der Waals surface area contributed by atoms with E-state index in [4.69, 9.17) is 5.73 Å². The number of aromatic nitrogens is 1. The highest BCUT2D eigenvalue weighted by atomic mass is 79.9. The number of hydrogen-bond acceptors (Lipinski definition) is 2. The molecule has 64 valence electrons. The Bertz CT molecular complexity index is 310. The lowest BCUT2D eigenvalue weighted by Crippen LogP contribution is -2.02. The minimum Gasteiger partial charge on any atom is -0.325 e. The van der Waals surface area contributed by atoms with Gasteiger partial charge in [0.25, 0.3) is 0 Å². The molecule has 12 heavy (non-hydrogen) atoms. The second-order valence-electron chi connectivity index (χ2n) is 3.08. The van der Waals surface area contributed by atoms with Crippen molar-refractivity contribution in [3.05, 3.63) is 27.5 Å². The SMILES string of the molecule is NCc1cc(Br)c2c(n1)CCC2. The summed E-state index contributed by atoms with van der Waals surface area (Å²) < 4.78 is 1.19. The quantitative estimate of drug-likeness (QED) is 0.794. The van der Waals surface area contributed by atoms with E-state index in [1.165, 1.54) is 22.2 Å². The molecule has 0 unspecified atom stereocenters. The zero-order valence-electron chi connectivity index (χ0n) is 6.81. The lowest BCUT2D eigenvalue weighted by atomic mass is 10.2. The number of nitrogens with two attached hydrogens (primary N) is 1. The molecule has 1 aliphatic rings. The summed E-state index contributed by atoms with van der Waals surface area (Å²) in [6.45, 7) is 0.534. The molecule has 3 heteroatoms. The van der Waals surface area contributed by atoms with Gasteiger partial charge in [0, 0.05) is 16.7 Å². The number of aryl methyl sites for hydroxylation is 1. The summed E-state index contributed by atoms with van der Waals surface area (Å²) in [6.07, 6.45) is 3.50. The largest absolute Gasteiger partial charge is 0.325 e. The van der Waals surface area contributed by atoms with Crippen LogP contribution in [0.4, 0.5) is 0 Å². The van der Waals surface area contributed by atoms with Crippen molar-refractivity contribution in [2.45, 2.75) is 25.8 Å². The van der Waals surface area contributed by atoms with Gasteiger partial charge in [0.05, 0.1) is 5.69 Å². The Morgan fingerprint density at radius 3 is 3.08 bits per heavy atom. The van der Waals surface area contributed by atoms with Gasteiger partial charge in [0.2, 0.25) is 0 Å². The van der Waals surface area contributed by atoms with Crippen LogP contribution >= 0.6 is 15.9 Å². The fourth-order valence-corrected chi connectivity index (χ4v) is 2.34. The van der Waals surface area contributed by atoms with Crippen molar-refractivity contribution in [2.75, 3.05) is 0 Å². The molecular formula is C9H11BrN2. The van der Waals surface area contributed by atoms with Gasteiger partial charge in [-0.3, -0.25) is 4.98 Å². The molecule has 0 amide bonds. The molecule has 0 saturated carbocycles. The summed E-state index contributed by atoms with van der Waals surface area (Å²) >= 11 is 3.54. The van der Waals surface area contributed by atoms with Crippen molar-refractivity contribution in [3.8, 4) is 0 Å². The van der Waals surface area contributed by atoms with E-state index in [1.54, 1.807) is 0 Å². The summed E-state index contributed by atoms with van der Waals surface area (Å²) in [5, 5.41) is 0. The van der Waals surface area contributed by atoms with E-state index >= 15 is 0 Å². The van der Waals surface area contributed by atoms with E-state index < -0.39 is 0 Å². The molecule has 0 radical (unpaired) electrons. The van der Waals surface area contributed by atoms with Crippen molar-refractivity contribution < 1.29 is 0 Å². The van der Waals surface area contributed by atoms with Gasteiger partial charge in [-0.15, -0.1) is 0 Å². The molecule has 0 fully saturated rings. The van der Waals surface area contributed by atoms with Crippen LogP contribution in [0.25, 0.3) is 0 Å². The van der Waals surface area contributed by atoms with Crippen LogP contribution in [0.1, 0.15) is 23.4 Å². The van der Waals surface area contributed by atoms with Crippen molar-refractivity contribution >= 4 is 15.9 Å². The lowest BCUT2D eigenvalue weighted by molar-refractivity contribution is 0.887. The minimum absolute atomic E-state index is 0.534. The normalized spacial score (nSPS) is 14.8. The topological polar surface area (TPSA) is 38.9 Å². The van der Waals surface area contributed by atoms with Crippen molar-refractivity contribution in [1.82, 2.24) is 4.98 Å². The molecule has 0 saturated heterocycles. The van der Waals surface area contributed by atoms with E-state index in [1.807, 2.05) is 6.07 Å². The molecule has 2 N–H and O–H groups in total. The van der Waals surface area contributed by atoms with Crippen molar-refractivity contribution in [3.63, 3.8) is 0 Å². The zero-order chi connectivity index (χ0) is 8.55. The maximum absolute atomic E-state index is 5.53. The summed E-state index contributed by atoms with van der Waals surface area (Å²) in [5.74, 6) is 0. The van der Waals surface area contributed by atoms with Crippen LogP contribution in [0.5, 0.6) is 0 Å². The van der Waals surface area contributed by atoms with Gasteiger partial charge in [-0.1, -0.05) is 15.9 Å². The number of fused-ring (bicyclic) bond motifs is 1. The third-order valence-corrected chi connectivity index (χ3v) is 2.97. The summed E-state index contributed by atoms with van der Waals surface area (Å²) in [5.41, 5.74) is 9.14. The molecule has 1 heterocycles. The van der Waals surface area contributed by atoms with Crippen LogP contribution < -0.4 is 5.73 Å². The van der Waals surface area contributed by atoms with E-state index in [2.05, 4.69) is 20.9 Å². The molecular weight excluding hydrogens is 216 g/mol. The Morgan fingerprint density at radius 1 is 1.50 bits per heavy atom. The molecule has 0 bridgehead atoms. The van der Waals surface area contributed by atoms with Crippen LogP contribution in [-0.4, -0.2) is 4.98 Å². The Balaban J connectivity index is 2.51. The zero-order valence-corrected chi connectivity index (χ0v) is 8.39. The Kier molecular flexibility index (Phi) is 2.15. The predicted molar refractivity (Wildman–Crippen MR) is 51.9 cm³/mol. The van der Waals surface area contributed by atoms with E-state index in [0.717, 1.165) is 18.5 Å². The van der Waals surface area contributed by atoms with Gasteiger partial charge in [0.1, 0.15) is 0 Å². The number of halogens is 1. The number of hydrogen-bond donors (Lipinski definition) is 1. The molecule has 1 aromatic heterocycles. The first-order chi connectivity index (χ1) is 5.81. The highest BCUT2D eigenvalue weighted by Gasteiger charge is 2.15. The smallest absolute Gasteiger partial charge is 0.0554 e. The number of rotatable bonds is 1. The first kappa shape index (κ1) is 8.20. The maximum atomic E-state index is 5.53. The lowest BCUT2D eigenvalue weighted by Gasteiger charge is -2.04. The monoisotopic (exact) mass is 226 g/mol. The molecule has 2 nitrogen and oxygen atoms in total. The molecule has 1 aromatic rings. The van der Waals surface area contributed by atoms with E-state index in [0.29, 0.717) is 6.54 Å². The van der Waals surface area contributed by atoms with Gasteiger partial charge in [-0.25, -0.2) is 0 Å². The molecule has 1 aliphatic carbocycles. The molecule has 0 atom stereocenters. The molecule has 0 aliphatic heterocycles. The summed E-state index contributed by atoms with van der Waals surface area (Å²) in [7, 11) is 0. The van der Waals surface area contributed by atoms with Crippen LogP contribution in [0.2, 0.25) is 0 Å². The van der Waals surface area contributed by atoms with Gasteiger partial charge >= 0.3 is 0 Å². The van der Waals surface area contributed by atoms with Gasteiger partial charge in [-0.2, -0.15) is 0 Å². The summed E-state index contributed by atoms with van der Waals surface area (Å²) in [4.78, 5) is 4.48. The highest BCUT2D eigenvalue weighted by molar-refractivity contribution is 9.10. The Labute approximate surface area is 80.3 Å². The fraction of sp³-hybridized carbons (Fsp3) is 0.444. The van der Waals surface area contributed by atoms with E-state index in [9.17, 15) is 0 Å². The first-order valence-electron chi connectivity index (χ1n) is 4.18. The van der Waals surface area contributed by atoms with Crippen LogP contribution in [0.3, 0.4) is 0 Å². The Hall–Kier alpha value is -0.410. The van der Waals surface area contributed by atoms with Crippen LogP contribution in [0, 0.1) is 0 Å². The molecule has 0 spiro atoms. The summed E-state index contributed by atoms with van der Waals surface area (Å²) in [6, 6.07) is 2.03. The van der Waals surface area contributed by atoms with Gasteiger partial charge in [0.15, 0.2) is 0 Å². The molecule has 0 aromatic carbocycles. The van der Waals surface area contributed by atoms with Crippen LogP contribution in [-0.2, 0) is 19.4 Å². The fourth-order valence-electron chi connectivity index (χ4n) is 1.65. The second-order valence-corrected chi connectivity index (χ2v) is 3.93. The highest BCUT2D eigenvalue weighted by Crippen LogP contribution is 2.28. The van der Waals surface area contributed by atoms with E-state index in [-0.39, 0.29) is 0 Å². The number of nitrogens with zero attached hydrogens (tertiary/aromatic N) is 1. The predicted octanol–water partition coefficient (Wildman–Crippen LogP) is 1.79. The average molecular weight is 227 g/mol. The van der Waals surface area contributed by atoms with Gasteiger partial charge in [-0.05, 0) is 30.9 Å². The number of pyridine rings is 1. The van der Waals surface area contributed by atoms with Crippen molar-refractivity contribution in [1.29, 1.82) is 0 Å². The standard InChI is InChI=1S/C9H11BrN2/c10-8-4-6(5-11)12-9-3-1-2-7(8)9/h4H,1-3,5,11H2. The first-order valence-corrected chi connectivity index (χ1v) is 4.98. The Morgan fingerprint density at radius 2 is 2.33 bits per heavy atom. The third kappa shape index (κ3) is 1.27. The second kappa shape index (κ2) is 3.15. The van der Waals surface area contributed by atoms with Crippen LogP contribution in [0.15, 0.2) is 10.5 Å². The van der Waals surface area contributed by atoms with Crippen molar-refractivity contribution in [2.24, 2.45) is 5.73 Å². The minimum atomic E-state index is 0.534. The average Bonchev–Trinajstić information content (AvgIpc) is 2.52. The third-order valence-electron chi connectivity index (χ3n) is 2.26. The maximum Gasteiger partial charge on any atom is 0.0554 e. The van der Waals surface area contributed by atoms with Gasteiger partial charge < -0.3 is 5.73 Å². The molecule has 2 rings (SSSR count).